The molecule has 0 fully saturated rings. The number of nitrogens with one attached hydrogen (secondary N) is 1. The van der Waals surface area contributed by atoms with Crippen LogP contribution in [0.3, 0.4) is 0 Å². The largest absolute Gasteiger partial charge is 0.469 e. The zero-order chi connectivity index (χ0) is 20.1. The van der Waals surface area contributed by atoms with Crippen LogP contribution in [0.1, 0.15) is 29.0 Å². The van der Waals surface area contributed by atoms with Gasteiger partial charge in [0.2, 0.25) is 0 Å². The van der Waals surface area contributed by atoms with Gasteiger partial charge in [0, 0.05) is 21.7 Å². The van der Waals surface area contributed by atoms with E-state index in [9.17, 15) is 0 Å². The van der Waals surface area contributed by atoms with Gasteiger partial charge >= 0.3 is 0 Å². The Bertz CT molecular complexity index is 1280. The fourth-order valence-electron chi connectivity index (χ4n) is 4.40. The van der Waals surface area contributed by atoms with E-state index in [-0.39, 0.29) is 12.3 Å². The summed E-state index contributed by atoms with van der Waals surface area (Å²) in [7, 11) is 0. The quantitative estimate of drug-likeness (QED) is 0.409. The molecule has 2 atom stereocenters. The summed E-state index contributed by atoms with van der Waals surface area (Å²) >= 11 is 6.12. The maximum Gasteiger partial charge on any atom is 0.195 e. The van der Waals surface area contributed by atoms with Gasteiger partial charge in [0.05, 0.1) is 11.7 Å². The van der Waals surface area contributed by atoms with Crippen molar-refractivity contribution in [2.24, 2.45) is 0 Å². The van der Waals surface area contributed by atoms with E-state index >= 15 is 0 Å². The summed E-state index contributed by atoms with van der Waals surface area (Å²) in [6.45, 7) is 0. The molecule has 0 amide bonds. The summed E-state index contributed by atoms with van der Waals surface area (Å²) < 4.78 is 6.43. The molecule has 0 spiro atoms. The van der Waals surface area contributed by atoms with Crippen molar-refractivity contribution in [1.29, 1.82) is 0 Å². The minimum atomic E-state index is -0.258. The van der Waals surface area contributed by atoms with Crippen LogP contribution in [0.5, 0.6) is 5.75 Å². The summed E-state index contributed by atoms with van der Waals surface area (Å²) in [5.41, 5.74) is 8.14. The number of para-hydroxylation sites is 1. The van der Waals surface area contributed by atoms with Crippen LogP contribution in [0.25, 0.3) is 16.5 Å². The molecule has 1 N–H and O–H groups in total. The fraction of sp³-hybridized carbons (Fsp3) is 0.0769. The fourth-order valence-corrected chi connectivity index (χ4v) is 4.53. The molecule has 0 saturated heterocycles. The lowest BCUT2D eigenvalue weighted by Crippen LogP contribution is -2.43. The predicted octanol–water partition coefficient (Wildman–Crippen LogP) is 6.49. The third kappa shape index (κ3) is 2.78. The number of fused-ring (bicyclic) bond motifs is 4. The number of hydrogen-bond acceptors (Lipinski definition) is 3. The minimum absolute atomic E-state index is 0.0737. The van der Waals surface area contributed by atoms with E-state index < -0.39 is 0 Å². The lowest BCUT2D eigenvalue weighted by Gasteiger charge is -2.39. The lowest BCUT2D eigenvalue weighted by atomic mass is 9.99. The van der Waals surface area contributed by atoms with Crippen molar-refractivity contribution in [3.8, 4) is 5.75 Å². The third-order valence-corrected chi connectivity index (χ3v) is 6.09. The van der Waals surface area contributed by atoms with Gasteiger partial charge in [0.1, 0.15) is 5.75 Å². The first-order valence-corrected chi connectivity index (χ1v) is 10.4. The second-order valence-corrected chi connectivity index (χ2v) is 8.07. The molecule has 0 saturated carbocycles. The molecule has 0 radical (unpaired) electrons. The summed E-state index contributed by atoms with van der Waals surface area (Å²) in [5, 5.41) is 5.36. The Balaban J connectivity index is 1.47. The van der Waals surface area contributed by atoms with Gasteiger partial charge in [-0.1, -0.05) is 84.4 Å². The maximum absolute atomic E-state index is 6.43. The van der Waals surface area contributed by atoms with Gasteiger partial charge in [0.25, 0.3) is 0 Å². The molecular formula is C26H19ClN2O. The molecule has 4 aromatic carbocycles. The van der Waals surface area contributed by atoms with Crippen molar-refractivity contribution in [2.75, 3.05) is 0 Å². The average molecular weight is 411 g/mol. The first-order chi connectivity index (χ1) is 14.8. The number of nitrogens with zero attached hydrogens (tertiary/aromatic N) is 1. The highest BCUT2D eigenvalue weighted by Gasteiger charge is 2.40. The Morgan fingerprint density at radius 2 is 1.57 bits per heavy atom. The zero-order valence-electron chi connectivity index (χ0n) is 16.1. The molecule has 2 aliphatic heterocycles. The molecule has 30 heavy (non-hydrogen) atoms. The van der Waals surface area contributed by atoms with E-state index in [1.807, 2.05) is 36.4 Å². The number of ether oxygens (including phenoxy) is 1. The Morgan fingerprint density at radius 1 is 0.800 bits per heavy atom. The Labute approximate surface area is 180 Å². The van der Waals surface area contributed by atoms with Crippen LogP contribution in [0.2, 0.25) is 5.02 Å². The molecule has 146 valence electrons. The number of benzene rings is 4. The summed E-state index contributed by atoms with van der Waals surface area (Å²) in [6.07, 6.45) is 2.04. The summed E-state index contributed by atoms with van der Waals surface area (Å²) in [5.74, 6) is 0.913. The molecule has 0 bridgehead atoms. The maximum atomic E-state index is 6.43. The van der Waals surface area contributed by atoms with Crippen molar-refractivity contribution in [3.63, 3.8) is 0 Å². The Morgan fingerprint density at radius 3 is 2.47 bits per heavy atom. The SMILES string of the molecule is Clc1ccc([C@@H]2Oc3ccccc3[C@H]3C=C(c4cccc5ccccc45)NN32)cc1. The molecule has 6 rings (SSSR count). The van der Waals surface area contributed by atoms with Gasteiger partial charge in [-0.2, -0.15) is 5.01 Å². The monoisotopic (exact) mass is 410 g/mol. The van der Waals surface area contributed by atoms with Crippen LogP contribution < -0.4 is 10.2 Å². The molecule has 0 aromatic heterocycles. The molecular weight excluding hydrogens is 392 g/mol. The molecule has 3 nitrogen and oxygen atoms in total. The standard InChI is InChI=1S/C26H19ClN2O/c27-19-14-12-18(13-15-19)26-29-24(22-9-3-4-11-25(22)30-26)16-23(28-29)21-10-5-7-17-6-1-2-8-20(17)21/h1-16,24,26,28H/t24-,26+/m1/s1. The van der Waals surface area contributed by atoms with Gasteiger partial charge in [-0.3, -0.25) is 0 Å². The first-order valence-electron chi connectivity index (χ1n) is 10.0. The highest BCUT2D eigenvalue weighted by Crippen LogP contribution is 2.46. The van der Waals surface area contributed by atoms with Gasteiger partial charge < -0.3 is 10.2 Å². The van der Waals surface area contributed by atoms with Crippen molar-refractivity contribution in [3.05, 3.63) is 119 Å². The van der Waals surface area contributed by atoms with E-state index in [1.165, 1.54) is 16.3 Å². The number of rotatable bonds is 2. The minimum Gasteiger partial charge on any atom is -0.469 e. The lowest BCUT2D eigenvalue weighted by molar-refractivity contribution is -0.0326. The summed E-state index contributed by atoms with van der Waals surface area (Å²) in [6, 6.07) is 31.1. The zero-order valence-corrected chi connectivity index (χ0v) is 16.9. The second kappa shape index (κ2) is 6.91. The van der Waals surface area contributed by atoms with Crippen LogP contribution in [0.4, 0.5) is 0 Å². The van der Waals surface area contributed by atoms with E-state index in [0.717, 1.165) is 27.6 Å². The Kier molecular flexibility index (Phi) is 4.05. The number of hydrogen-bond donors (Lipinski definition) is 1. The Hall–Kier alpha value is -3.27. The van der Waals surface area contributed by atoms with E-state index in [4.69, 9.17) is 16.3 Å². The molecule has 2 heterocycles. The first kappa shape index (κ1) is 17.6. The van der Waals surface area contributed by atoms with E-state index in [1.54, 1.807) is 0 Å². The second-order valence-electron chi connectivity index (χ2n) is 7.63. The summed E-state index contributed by atoms with van der Waals surface area (Å²) in [4.78, 5) is 0. The van der Waals surface area contributed by atoms with Crippen LogP contribution in [0, 0.1) is 0 Å². The highest BCUT2D eigenvalue weighted by molar-refractivity contribution is 6.30. The predicted molar refractivity (Wildman–Crippen MR) is 121 cm³/mol. The van der Waals surface area contributed by atoms with Crippen molar-refractivity contribution in [1.82, 2.24) is 10.4 Å². The van der Waals surface area contributed by atoms with Gasteiger partial charge in [-0.15, -0.1) is 0 Å². The molecule has 4 aromatic rings. The van der Waals surface area contributed by atoms with Crippen LogP contribution in [-0.4, -0.2) is 5.01 Å². The molecule has 2 aliphatic rings. The van der Waals surface area contributed by atoms with Crippen LogP contribution in [0.15, 0.2) is 97.1 Å². The topological polar surface area (TPSA) is 24.5 Å². The third-order valence-electron chi connectivity index (χ3n) is 5.84. The molecule has 0 aliphatic carbocycles. The van der Waals surface area contributed by atoms with E-state index in [0.29, 0.717) is 0 Å². The van der Waals surface area contributed by atoms with Crippen molar-refractivity contribution < 1.29 is 4.74 Å². The van der Waals surface area contributed by atoms with Crippen LogP contribution in [-0.2, 0) is 0 Å². The molecule has 0 unspecified atom stereocenters. The van der Waals surface area contributed by atoms with E-state index in [2.05, 4.69) is 71.1 Å². The normalized spacial score (nSPS) is 20.1. The highest BCUT2D eigenvalue weighted by atomic mass is 35.5. The number of hydrazine groups is 1. The van der Waals surface area contributed by atoms with Crippen LogP contribution >= 0.6 is 11.6 Å². The van der Waals surface area contributed by atoms with Gasteiger partial charge in [0.15, 0.2) is 6.23 Å². The van der Waals surface area contributed by atoms with Gasteiger partial charge in [-0.05, 0) is 35.0 Å². The molecule has 4 heteroatoms. The smallest absolute Gasteiger partial charge is 0.195 e. The number of halogens is 1. The van der Waals surface area contributed by atoms with Gasteiger partial charge in [-0.25, -0.2) is 0 Å². The average Bonchev–Trinajstić information content (AvgIpc) is 3.24. The van der Waals surface area contributed by atoms with Crippen molar-refractivity contribution >= 4 is 28.1 Å². The van der Waals surface area contributed by atoms with Crippen molar-refractivity contribution in [2.45, 2.75) is 12.3 Å².